The second-order valence-electron chi connectivity index (χ2n) is 8.79. The minimum absolute atomic E-state index is 0.0220. The van der Waals surface area contributed by atoms with Crippen LogP contribution in [0.25, 0.3) is 5.69 Å². The van der Waals surface area contributed by atoms with Gasteiger partial charge in [0, 0.05) is 11.6 Å². The average molecular weight is 437 g/mol. The van der Waals surface area contributed by atoms with E-state index in [0.29, 0.717) is 17.4 Å². The van der Waals surface area contributed by atoms with Crippen LogP contribution in [-0.2, 0) is 10.2 Å². The first kappa shape index (κ1) is 21.4. The van der Waals surface area contributed by atoms with Crippen molar-refractivity contribution in [2.45, 2.75) is 50.1 Å². The molecule has 1 saturated carbocycles. The number of methoxy groups -OCH3 is 1. The van der Waals surface area contributed by atoms with Crippen molar-refractivity contribution < 1.29 is 9.53 Å². The monoisotopic (exact) mass is 436 g/mol. The van der Waals surface area contributed by atoms with E-state index in [1.807, 2.05) is 48.5 Å². The van der Waals surface area contributed by atoms with Crippen molar-refractivity contribution in [3.63, 3.8) is 0 Å². The third kappa shape index (κ3) is 4.93. The maximum atomic E-state index is 12.8. The molecule has 0 bridgehead atoms. The summed E-state index contributed by atoms with van der Waals surface area (Å²) in [6.07, 6.45) is 2.28. The molecular weight excluding hydrogens is 408 g/mol. The van der Waals surface area contributed by atoms with Crippen molar-refractivity contribution in [2.75, 3.05) is 18.2 Å². The Hall–Kier alpha value is -2.80. The van der Waals surface area contributed by atoms with E-state index < -0.39 is 0 Å². The van der Waals surface area contributed by atoms with Gasteiger partial charge in [-0.3, -0.25) is 9.36 Å². The highest BCUT2D eigenvalue weighted by molar-refractivity contribution is 7.99. The predicted molar refractivity (Wildman–Crippen MR) is 124 cm³/mol. The largest absolute Gasteiger partial charge is 0.495 e. The smallest absolute Gasteiger partial charge is 0.234 e. The summed E-state index contributed by atoms with van der Waals surface area (Å²) in [5.41, 5.74) is 2.82. The Morgan fingerprint density at radius 3 is 2.55 bits per heavy atom. The molecular formula is C24H28N4O2S. The fraction of sp³-hybridized carbons (Fsp3) is 0.375. The fourth-order valence-corrected chi connectivity index (χ4v) is 4.15. The molecule has 162 valence electrons. The Bertz CT molecular complexity index is 1070. The third-order valence-corrected chi connectivity index (χ3v) is 6.22. The standard InChI is InChI=1S/C24H28N4O2S/c1-24(2,3)17-12-13-20(30-4)19(14-17)25-21(29)15-31-23-27-26-22(16-10-11-16)28(23)18-8-6-5-7-9-18/h5-9,12-14,16H,10-11,15H2,1-4H3,(H,25,29). The number of thioether (sulfide) groups is 1. The lowest BCUT2D eigenvalue weighted by Gasteiger charge is -2.21. The van der Waals surface area contributed by atoms with Crippen molar-refractivity contribution in [1.82, 2.24) is 14.8 Å². The van der Waals surface area contributed by atoms with E-state index in [1.165, 1.54) is 11.8 Å². The number of nitrogens with zero attached hydrogens (tertiary/aromatic N) is 3. The van der Waals surface area contributed by atoms with Crippen LogP contribution in [0.3, 0.4) is 0 Å². The highest BCUT2D eigenvalue weighted by Gasteiger charge is 2.31. The Balaban J connectivity index is 1.50. The number of nitrogens with one attached hydrogen (secondary N) is 1. The number of hydrogen-bond donors (Lipinski definition) is 1. The van der Waals surface area contributed by atoms with E-state index in [-0.39, 0.29) is 17.1 Å². The molecule has 1 fully saturated rings. The second kappa shape index (κ2) is 8.75. The van der Waals surface area contributed by atoms with Gasteiger partial charge in [0.05, 0.1) is 18.6 Å². The summed E-state index contributed by atoms with van der Waals surface area (Å²) in [6.45, 7) is 6.43. The molecule has 0 saturated heterocycles. The van der Waals surface area contributed by atoms with Gasteiger partial charge in [0.2, 0.25) is 5.91 Å². The number of carbonyl (C=O) groups excluding carboxylic acids is 1. The maximum Gasteiger partial charge on any atom is 0.234 e. The summed E-state index contributed by atoms with van der Waals surface area (Å²) in [4.78, 5) is 12.8. The minimum Gasteiger partial charge on any atom is -0.495 e. The molecule has 31 heavy (non-hydrogen) atoms. The molecule has 1 aliphatic carbocycles. The van der Waals surface area contributed by atoms with E-state index in [4.69, 9.17) is 4.74 Å². The predicted octanol–water partition coefficient (Wildman–Crippen LogP) is 5.18. The molecule has 0 unspecified atom stereocenters. The molecule has 1 amide bonds. The lowest BCUT2D eigenvalue weighted by molar-refractivity contribution is -0.113. The minimum atomic E-state index is -0.107. The van der Waals surface area contributed by atoms with Gasteiger partial charge in [0.1, 0.15) is 11.6 Å². The molecule has 0 spiro atoms. The number of rotatable bonds is 7. The number of hydrogen-bond acceptors (Lipinski definition) is 5. The van der Waals surface area contributed by atoms with Gasteiger partial charge < -0.3 is 10.1 Å². The van der Waals surface area contributed by atoms with E-state index in [2.05, 4.69) is 40.9 Å². The van der Waals surface area contributed by atoms with Crippen molar-refractivity contribution in [1.29, 1.82) is 0 Å². The summed E-state index contributed by atoms with van der Waals surface area (Å²) < 4.78 is 7.52. The molecule has 1 heterocycles. The number of aromatic nitrogens is 3. The number of para-hydroxylation sites is 1. The Morgan fingerprint density at radius 1 is 1.16 bits per heavy atom. The number of benzene rings is 2. The highest BCUT2D eigenvalue weighted by Crippen LogP contribution is 2.41. The first-order valence-electron chi connectivity index (χ1n) is 10.5. The van der Waals surface area contributed by atoms with Crippen LogP contribution < -0.4 is 10.1 Å². The van der Waals surface area contributed by atoms with Gasteiger partial charge in [-0.25, -0.2) is 0 Å². The van der Waals surface area contributed by atoms with Crippen LogP contribution in [0.2, 0.25) is 0 Å². The normalized spacial score (nSPS) is 13.8. The van der Waals surface area contributed by atoms with Crippen LogP contribution in [-0.4, -0.2) is 33.5 Å². The maximum absolute atomic E-state index is 12.8. The van der Waals surface area contributed by atoms with E-state index >= 15 is 0 Å². The summed E-state index contributed by atoms with van der Waals surface area (Å²) in [6, 6.07) is 16.0. The third-order valence-electron chi connectivity index (χ3n) is 5.29. The van der Waals surface area contributed by atoms with Crippen LogP contribution in [0.1, 0.15) is 50.9 Å². The molecule has 2 aromatic carbocycles. The van der Waals surface area contributed by atoms with Gasteiger partial charge in [0.25, 0.3) is 0 Å². The van der Waals surface area contributed by atoms with Gasteiger partial charge in [0.15, 0.2) is 5.16 Å². The molecule has 3 aromatic rings. The average Bonchev–Trinajstić information content (AvgIpc) is 3.51. The molecule has 6 nitrogen and oxygen atoms in total. The van der Waals surface area contributed by atoms with Crippen LogP contribution in [0.5, 0.6) is 5.75 Å². The van der Waals surface area contributed by atoms with Gasteiger partial charge in [-0.1, -0.05) is 56.8 Å². The topological polar surface area (TPSA) is 69.0 Å². The summed E-state index contributed by atoms with van der Waals surface area (Å²) in [5, 5.41) is 12.5. The fourth-order valence-electron chi connectivity index (χ4n) is 3.39. The lowest BCUT2D eigenvalue weighted by atomic mass is 9.87. The van der Waals surface area contributed by atoms with Crippen LogP contribution in [0.15, 0.2) is 53.7 Å². The Kier molecular flexibility index (Phi) is 6.05. The zero-order valence-electron chi connectivity index (χ0n) is 18.4. The highest BCUT2D eigenvalue weighted by atomic mass is 32.2. The summed E-state index contributed by atoms with van der Waals surface area (Å²) in [7, 11) is 1.61. The van der Waals surface area contributed by atoms with Crippen molar-refractivity contribution in [3.05, 3.63) is 59.9 Å². The zero-order valence-corrected chi connectivity index (χ0v) is 19.2. The first-order valence-corrected chi connectivity index (χ1v) is 11.5. The molecule has 1 aromatic heterocycles. The molecule has 0 atom stereocenters. The number of anilines is 1. The van der Waals surface area contributed by atoms with Crippen LogP contribution in [0, 0.1) is 0 Å². The number of amides is 1. The SMILES string of the molecule is COc1ccc(C(C)(C)C)cc1NC(=O)CSc1nnc(C2CC2)n1-c1ccccc1. The second-order valence-corrected chi connectivity index (χ2v) is 9.73. The molecule has 0 radical (unpaired) electrons. The first-order chi connectivity index (χ1) is 14.9. The van der Waals surface area contributed by atoms with Gasteiger partial charge >= 0.3 is 0 Å². The summed E-state index contributed by atoms with van der Waals surface area (Å²) >= 11 is 1.39. The Labute approximate surface area is 187 Å². The van der Waals surface area contributed by atoms with E-state index in [1.54, 1.807) is 7.11 Å². The lowest BCUT2D eigenvalue weighted by Crippen LogP contribution is -2.17. The van der Waals surface area contributed by atoms with Gasteiger partial charge in [-0.2, -0.15) is 0 Å². The van der Waals surface area contributed by atoms with Crippen molar-refractivity contribution in [3.8, 4) is 11.4 Å². The zero-order chi connectivity index (χ0) is 22.0. The van der Waals surface area contributed by atoms with Gasteiger partial charge in [-0.05, 0) is 48.1 Å². The molecule has 7 heteroatoms. The Morgan fingerprint density at radius 2 is 1.90 bits per heavy atom. The molecule has 0 aliphatic heterocycles. The molecule has 1 N–H and O–H groups in total. The van der Waals surface area contributed by atoms with Crippen LogP contribution in [0.4, 0.5) is 5.69 Å². The van der Waals surface area contributed by atoms with Crippen LogP contribution >= 0.6 is 11.8 Å². The summed E-state index contributed by atoms with van der Waals surface area (Å²) in [5.74, 6) is 2.21. The van der Waals surface area contributed by atoms with Crippen molar-refractivity contribution in [2.24, 2.45) is 0 Å². The van der Waals surface area contributed by atoms with Gasteiger partial charge in [-0.15, -0.1) is 10.2 Å². The number of ether oxygens (including phenoxy) is 1. The van der Waals surface area contributed by atoms with E-state index in [9.17, 15) is 4.79 Å². The van der Waals surface area contributed by atoms with E-state index in [0.717, 1.165) is 35.1 Å². The van der Waals surface area contributed by atoms with Crippen molar-refractivity contribution >= 4 is 23.4 Å². The molecule has 4 rings (SSSR count). The number of carbonyl (C=O) groups is 1. The quantitative estimate of drug-likeness (QED) is 0.517. The molecule has 1 aliphatic rings.